The van der Waals surface area contributed by atoms with Crippen LogP contribution in [0.25, 0.3) is 6.08 Å². The van der Waals surface area contributed by atoms with E-state index >= 15 is 0 Å². The molecule has 0 heterocycles. The van der Waals surface area contributed by atoms with E-state index in [1.165, 1.54) is 25.3 Å². The number of carbonyl (C=O) groups excluding carboxylic acids is 1. The van der Waals surface area contributed by atoms with E-state index in [4.69, 9.17) is 15.1 Å². The Morgan fingerprint density at radius 2 is 2.24 bits per heavy atom. The lowest BCUT2D eigenvalue weighted by molar-refractivity contribution is -0.131. The van der Waals surface area contributed by atoms with Gasteiger partial charge in [-0.2, -0.15) is 5.26 Å². The summed E-state index contributed by atoms with van der Waals surface area (Å²) in [5.41, 5.74) is 0.833. The minimum atomic E-state index is -1.14. The molecule has 0 atom stereocenters. The molecule has 0 aliphatic rings. The SMILES string of the molecule is COc1cc(C#N)cc(/C=C/C(=O)O)c1C=O. The molecule has 1 rings (SSSR count). The highest BCUT2D eigenvalue weighted by atomic mass is 16.5. The van der Waals surface area contributed by atoms with Crippen LogP contribution in [0.15, 0.2) is 18.2 Å². The van der Waals surface area contributed by atoms with Crippen LogP contribution in [-0.4, -0.2) is 24.5 Å². The van der Waals surface area contributed by atoms with Crippen LogP contribution in [0.5, 0.6) is 5.75 Å². The highest BCUT2D eigenvalue weighted by molar-refractivity contribution is 5.91. The van der Waals surface area contributed by atoms with E-state index in [0.29, 0.717) is 11.8 Å². The van der Waals surface area contributed by atoms with Gasteiger partial charge in [0.15, 0.2) is 6.29 Å². The number of hydrogen-bond acceptors (Lipinski definition) is 4. The number of carbonyl (C=O) groups is 2. The molecule has 0 aliphatic heterocycles. The van der Waals surface area contributed by atoms with Crippen LogP contribution < -0.4 is 4.74 Å². The molecule has 0 aromatic heterocycles. The molecule has 0 radical (unpaired) electrons. The minimum absolute atomic E-state index is 0.212. The molecule has 1 aromatic carbocycles. The number of aldehydes is 1. The second-order valence-electron chi connectivity index (χ2n) is 3.08. The van der Waals surface area contributed by atoms with Crippen molar-refractivity contribution in [3.63, 3.8) is 0 Å². The summed E-state index contributed by atoms with van der Waals surface area (Å²) in [5.74, 6) is -0.896. The van der Waals surface area contributed by atoms with Gasteiger partial charge in [-0.15, -0.1) is 0 Å². The highest BCUT2D eigenvalue weighted by Gasteiger charge is 2.09. The van der Waals surface area contributed by atoms with Gasteiger partial charge in [0, 0.05) is 6.08 Å². The fourth-order valence-corrected chi connectivity index (χ4v) is 1.31. The Morgan fingerprint density at radius 3 is 2.71 bits per heavy atom. The molecule has 0 spiro atoms. The number of carboxylic acids is 1. The van der Waals surface area contributed by atoms with Crippen LogP contribution >= 0.6 is 0 Å². The van der Waals surface area contributed by atoms with Gasteiger partial charge < -0.3 is 9.84 Å². The van der Waals surface area contributed by atoms with Crippen LogP contribution in [0.2, 0.25) is 0 Å². The molecule has 5 heteroatoms. The molecule has 0 bridgehead atoms. The largest absolute Gasteiger partial charge is 0.496 e. The molecule has 86 valence electrons. The third-order valence-corrected chi connectivity index (χ3v) is 2.05. The Morgan fingerprint density at radius 1 is 1.53 bits per heavy atom. The fourth-order valence-electron chi connectivity index (χ4n) is 1.31. The van der Waals surface area contributed by atoms with Crippen molar-refractivity contribution in [2.45, 2.75) is 0 Å². The third-order valence-electron chi connectivity index (χ3n) is 2.05. The zero-order chi connectivity index (χ0) is 12.8. The average Bonchev–Trinajstić information content (AvgIpc) is 2.34. The van der Waals surface area contributed by atoms with Crippen molar-refractivity contribution < 1.29 is 19.4 Å². The number of benzene rings is 1. The Balaban J connectivity index is 3.40. The summed E-state index contributed by atoms with van der Waals surface area (Å²) in [5, 5.41) is 17.3. The lowest BCUT2D eigenvalue weighted by Crippen LogP contribution is -1.96. The molecule has 0 amide bonds. The number of nitriles is 1. The third kappa shape index (κ3) is 2.92. The van der Waals surface area contributed by atoms with Gasteiger partial charge in [0.25, 0.3) is 0 Å². The zero-order valence-electron chi connectivity index (χ0n) is 9.01. The van der Waals surface area contributed by atoms with Gasteiger partial charge in [0.1, 0.15) is 5.75 Å². The number of carboxylic acid groups (broad SMARTS) is 1. The summed E-state index contributed by atoms with van der Waals surface area (Å²) in [6, 6.07) is 4.74. The van der Waals surface area contributed by atoms with Crippen LogP contribution in [0, 0.1) is 11.3 Å². The summed E-state index contributed by atoms with van der Waals surface area (Å²) in [6.45, 7) is 0. The first-order valence-electron chi connectivity index (χ1n) is 4.60. The molecule has 0 saturated heterocycles. The molecule has 1 aromatic rings. The molecule has 1 N–H and O–H groups in total. The summed E-state index contributed by atoms with van der Waals surface area (Å²) in [6.07, 6.45) is 2.69. The van der Waals surface area contributed by atoms with Crippen molar-refractivity contribution in [3.8, 4) is 11.8 Å². The number of ether oxygens (including phenoxy) is 1. The van der Waals surface area contributed by atoms with E-state index in [0.717, 1.165) is 6.08 Å². The number of nitrogens with zero attached hydrogens (tertiary/aromatic N) is 1. The smallest absolute Gasteiger partial charge is 0.328 e. The van der Waals surface area contributed by atoms with Gasteiger partial charge in [0.05, 0.1) is 24.3 Å². The predicted molar refractivity (Wildman–Crippen MR) is 59.8 cm³/mol. The summed E-state index contributed by atoms with van der Waals surface area (Å²) in [7, 11) is 1.37. The van der Waals surface area contributed by atoms with Gasteiger partial charge >= 0.3 is 5.97 Å². The Hall–Kier alpha value is -2.61. The maximum Gasteiger partial charge on any atom is 0.328 e. The number of rotatable bonds is 4. The van der Waals surface area contributed by atoms with Crippen molar-refractivity contribution in [3.05, 3.63) is 34.9 Å². The molecular weight excluding hydrogens is 222 g/mol. The van der Waals surface area contributed by atoms with Crippen molar-refractivity contribution in [1.82, 2.24) is 0 Å². The first-order chi connectivity index (χ1) is 8.12. The first kappa shape index (κ1) is 12.5. The lowest BCUT2D eigenvalue weighted by atomic mass is 10.0. The second kappa shape index (κ2) is 5.47. The van der Waals surface area contributed by atoms with E-state index in [9.17, 15) is 9.59 Å². The van der Waals surface area contributed by atoms with Crippen LogP contribution in [0.1, 0.15) is 21.5 Å². The van der Waals surface area contributed by atoms with Gasteiger partial charge in [-0.1, -0.05) is 0 Å². The maximum absolute atomic E-state index is 10.9. The standard InChI is InChI=1S/C12H9NO4/c1-17-11-5-8(6-13)4-9(10(11)7-14)2-3-12(15)16/h2-5,7H,1H3,(H,15,16)/b3-2+. The van der Waals surface area contributed by atoms with Crippen LogP contribution in [0.3, 0.4) is 0 Å². The molecule has 0 saturated carbocycles. The number of methoxy groups -OCH3 is 1. The van der Waals surface area contributed by atoms with Crippen LogP contribution in [-0.2, 0) is 4.79 Å². The fraction of sp³-hybridized carbons (Fsp3) is 0.0833. The average molecular weight is 231 g/mol. The summed E-state index contributed by atoms with van der Waals surface area (Å²) in [4.78, 5) is 21.3. The monoisotopic (exact) mass is 231 g/mol. The van der Waals surface area contributed by atoms with E-state index in [2.05, 4.69) is 0 Å². The Kier molecular flexibility index (Phi) is 4.01. The zero-order valence-corrected chi connectivity index (χ0v) is 9.01. The Labute approximate surface area is 97.6 Å². The second-order valence-corrected chi connectivity index (χ2v) is 3.08. The molecule has 17 heavy (non-hydrogen) atoms. The van der Waals surface area contributed by atoms with Crippen LogP contribution in [0.4, 0.5) is 0 Å². The minimum Gasteiger partial charge on any atom is -0.496 e. The van der Waals surface area contributed by atoms with Gasteiger partial charge in [0.2, 0.25) is 0 Å². The lowest BCUT2D eigenvalue weighted by Gasteiger charge is -2.07. The normalized spacial score (nSPS) is 9.88. The van der Waals surface area contributed by atoms with Gasteiger partial charge in [-0.25, -0.2) is 4.79 Å². The first-order valence-corrected chi connectivity index (χ1v) is 4.60. The summed E-state index contributed by atoms with van der Waals surface area (Å²) < 4.78 is 4.96. The number of hydrogen-bond donors (Lipinski definition) is 1. The molecule has 0 aliphatic carbocycles. The maximum atomic E-state index is 10.9. The molecule has 0 unspecified atom stereocenters. The molecular formula is C12H9NO4. The van der Waals surface area contributed by atoms with E-state index in [-0.39, 0.29) is 16.9 Å². The quantitative estimate of drug-likeness (QED) is 0.626. The van der Waals surface area contributed by atoms with Gasteiger partial charge in [-0.05, 0) is 23.8 Å². The van der Waals surface area contributed by atoms with Gasteiger partial charge in [-0.3, -0.25) is 4.79 Å². The van der Waals surface area contributed by atoms with Crippen molar-refractivity contribution >= 4 is 18.3 Å². The predicted octanol–water partition coefficient (Wildman–Crippen LogP) is 1.48. The van der Waals surface area contributed by atoms with E-state index < -0.39 is 5.97 Å². The van der Waals surface area contributed by atoms with Crippen molar-refractivity contribution in [2.24, 2.45) is 0 Å². The van der Waals surface area contributed by atoms with Crippen molar-refractivity contribution in [1.29, 1.82) is 5.26 Å². The number of aliphatic carboxylic acids is 1. The van der Waals surface area contributed by atoms with E-state index in [1.807, 2.05) is 6.07 Å². The summed E-state index contributed by atoms with van der Waals surface area (Å²) >= 11 is 0. The molecule has 5 nitrogen and oxygen atoms in total. The Bertz CT molecular complexity index is 526. The molecule has 0 fully saturated rings. The highest BCUT2D eigenvalue weighted by Crippen LogP contribution is 2.24. The van der Waals surface area contributed by atoms with E-state index in [1.54, 1.807) is 0 Å². The van der Waals surface area contributed by atoms with Crippen molar-refractivity contribution in [2.75, 3.05) is 7.11 Å². The topological polar surface area (TPSA) is 87.4 Å².